The molecule has 0 amide bonds. The van der Waals surface area contributed by atoms with E-state index in [9.17, 15) is 0 Å². The van der Waals surface area contributed by atoms with E-state index in [-0.39, 0.29) is 0 Å². The van der Waals surface area contributed by atoms with Crippen molar-refractivity contribution in [2.75, 3.05) is 6.54 Å². The van der Waals surface area contributed by atoms with Crippen molar-refractivity contribution in [3.8, 4) is 0 Å². The molecule has 0 aromatic heterocycles. The number of nitrogens with zero attached hydrogens (tertiary/aromatic N) is 2. The summed E-state index contributed by atoms with van der Waals surface area (Å²) in [5.74, 6) is 0.369. The van der Waals surface area contributed by atoms with E-state index in [4.69, 9.17) is 18.0 Å². The molecule has 15 heavy (non-hydrogen) atoms. The highest BCUT2D eigenvalue weighted by Crippen LogP contribution is 2.18. The monoisotopic (exact) mass is 219 g/mol. The predicted molar refractivity (Wildman–Crippen MR) is 65.6 cm³/mol. The van der Waals surface area contributed by atoms with Crippen molar-refractivity contribution in [1.82, 2.24) is 5.01 Å². The van der Waals surface area contributed by atoms with Crippen molar-refractivity contribution in [3.63, 3.8) is 0 Å². The lowest BCUT2D eigenvalue weighted by Crippen LogP contribution is -2.30. The third-order valence-corrected chi connectivity index (χ3v) is 2.68. The summed E-state index contributed by atoms with van der Waals surface area (Å²) in [6.07, 6.45) is 0. The standard InChI is InChI=1S/C11H13N3S/c1-8-7-14(11(12)15)13-10(8)9-5-3-2-4-6-9/h2-6,8H,7H2,1H3,(H2,12,15). The van der Waals surface area contributed by atoms with E-state index in [0.29, 0.717) is 11.0 Å². The Morgan fingerprint density at radius 3 is 2.67 bits per heavy atom. The minimum absolute atomic E-state index is 0.341. The predicted octanol–water partition coefficient (Wildman–Crippen LogP) is 1.59. The molecule has 4 heteroatoms. The fourth-order valence-corrected chi connectivity index (χ4v) is 1.82. The van der Waals surface area contributed by atoms with Crippen LogP contribution in [0.1, 0.15) is 12.5 Å². The van der Waals surface area contributed by atoms with E-state index in [1.165, 1.54) is 0 Å². The van der Waals surface area contributed by atoms with Crippen LogP contribution < -0.4 is 5.73 Å². The van der Waals surface area contributed by atoms with E-state index >= 15 is 0 Å². The Kier molecular flexibility index (Phi) is 2.68. The summed E-state index contributed by atoms with van der Waals surface area (Å²) in [5.41, 5.74) is 7.75. The van der Waals surface area contributed by atoms with Crippen LogP contribution in [0.15, 0.2) is 35.4 Å². The lowest BCUT2D eigenvalue weighted by Gasteiger charge is -2.10. The Morgan fingerprint density at radius 1 is 1.47 bits per heavy atom. The van der Waals surface area contributed by atoms with E-state index in [1.54, 1.807) is 5.01 Å². The van der Waals surface area contributed by atoms with Crippen LogP contribution in [0.3, 0.4) is 0 Å². The van der Waals surface area contributed by atoms with E-state index in [1.807, 2.05) is 18.2 Å². The summed E-state index contributed by atoms with van der Waals surface area (Å²) in [6.45, 7) is 2.91. The van der Waals surface area contributed by atoms with Crippen LogP contribution in [-0.2, 0) is 0 Å². The molecule has 1 aliphatic heterocycles. The molecule has 0 saturated heterocycles. The topological polar surface area (TPSA) is 41.6 Å². The molecule has 0 fully saturated rings. The van der Waals surface area contributed by atoms with Crippen molar-refractivity contribution in [3.05, 3.63) is 35.9 Å². The SMILES string of the molecule is CC1CN(C(N)=S)N=C1c1ccccc1. The molecule has 1 heterocycles. The molecular formula is C11H13N3S. The molecule has 1 atom stereocenters. The molecule has 0 bridgehead atoms. The highest BCUT2D eigenvalue weighted by atomic mass is 32.1. The maximum atomic E-state index is 5.55. The van der Waals surface area contributed by atoms with Gasteiger partial charge in [0.25, 0.3) is 0 Å². The molecule has 2 rings (SSSR count). The van der Waals surface area contributed by atoms with Gasteiger partial charge in [-0.3, -0.25) is 0 Å². The molecule has 0 radical (unpaired) electrons. The number of nitrogens with two attached hydrogens (primary N) is 1. The Labute approximate surface area is 94.6 Å². The number of rotatable bonds is 1. The Balaban J connectivity index is 2.30. The lowest BCUT2D eigenvalue weighted by atomic mass is 10.00. The molecule has 1 aromatic rings. The summed E-state index contributed by atoms with van der Waals surface area (Å²) in [4.78, 5) is 0. The highest BCUT2D eigenvalue weighted by molar-refractivity contribution is 7.80. The first-order chi connectivity index (χ1) is 7.18. The van der Waals surface area contributed by atoms with Crippen LogP contribution in [-0.4, -0.2) is 22.4 Å². The van der Waals surface area contributed by atoms with Gasteiger partial charge >= 0.3 is 0 Å². The smallest absolute Gasteiger partial charge is 0.186 e. The summed E-state index contributed by atoms with van der Waals surface area (Å²) in [5, 5.41) is 6.45. The molecule has 3 nitrogen and oxygen atoms in total. The first-order valence-electron chi connectivity index (χ1n) is 4.89. The van der Waals surface area contributed by atoms with Crippen LogP contribution in [0, 0.1) is 5.92 Å². The zero-order valence-electron chi connectivity index (χ0n) is 8.55. The average molecular weight is 219 g/mol. The van der Waals surface area contributed by atoms with Gasteiger partial charge in [-0.2, -0.15) is 5.10 Å². The molecule has 1 aromatic carbocycles. The second-order valence-electron chi connectivity index (χ2n) is 3.67. The van der Waals surface area contributed by atoms with Gasteiger partial charge < -0.3 is 5.73 Å². The minimum Gasteiger partial charge on any atom is -0.375 e. The molecule has 1 aliphatic rings. The normalized spacial score (nSPS) is 20.2. The van der Waals surface area contributed by atoms with Crippen molar-refractivity contribution < 1.29 is 0 Å². The zero-order chi connectivity index (χ0) is 10.8. The second-order valence-corrected chi connectivity index (χ2v) is 4.09. The number of benzene rings is 1. The van der Waals surface area contributed by atoms with Gasteiger partial charge in [0, 0.05) is 5.92 Å². The summed E-state index contributed by atoms with van der Waals surface area (Å²) in [7, 11) is 0. The minimum atomic E-state index is 0.341. The summed E-state index contributed by atoms with van der Waals surface area (Å²) >= 11 is 4.91. The third kappa shape index (κ3) is 1.99. The Bertz CT molecular complexity index is 400. The molecule has 0 aliphatic carbocycles. The van der Waals surface area contributed by atoms with E-state index in [2.05, 4.69) is 24.2 Å². The average Bonchev–Trinajstić information content (AvgIpc) is 2.62. The Morgan fingerprint density at radius 2 is 2.13 bits per heavy atom. The van der Waals surface area contributed by atoms with Gasteiger partial charge in [-0.1, -0.05) is 37.3 Å². The molecule has 2 N–H and O–H groups in total. The van der Waals surface area contributed by atoms with Gasteiger partial charge in [-0.05, 0) is 17.8 Å². The van der Waals surface area contributed by atoms with Gasteiger partial charge in [0.15, 0.2) is 5.11 Å². The lowest BCUT2D eigenvalue weighted by molar-refractivity contribution is 0.459. The van der Waals surface area contributed by atoms with Crippen LogP contribution in [0.25, 0.3) is 0 Å². The molecular weight excluding hydrogens is 206 g/mol. The second kappa shape index (κ2) is 3.98. The van der Waals surface area contributed by atoms with Crippen LogP contribution >= 0.6 is 12.2 Å². The highest BCUT2D eigenvalue weighted by Gasteiger charge is 2.24. The first kappa shape index (κ1) is 10.1. The number of hydrogen-bond donors (Lipinski definition) is 1. The summed E-state index contributed by atoms with van der Waals surface area (Å²) in [6, 6.07) is 10.1. The first-order valence-corrected chi connectivity index (χ1v) is 5.30. The van der Waals surface area contributed by atoms with Crippen LogP contribution in [0.5, 0.6) is 0 Å². The van der Waals surface area contributed by atoms with Gasteiger partial charge in [-0.25, -0.2) is 5.01 Å². The maximum Gasteiger partial charge on any atom is 0.186 e. The Hall–Kier alpha value is -1.42. The van der Waals surface area contributed by atoms with E-state index in [0.717, 1.165) is 17.8 Å². The zero-order valence-corrected chi connectivity index (χ0v) is 9.37. The fraction of sp³-hybridized carbons (Fsp3) is 0.273. The van der Waals surface area contributed by atoms with Crippen LogP contribution in [0.4, 0.5) is 0 Å². The number of hydrogen-bond acceptors (Lipinski definition) is 2. The molecule has 0 spiro atoms. The fourth-order valence-electron chi connectivity index (χ4n) is 1.71. The quantitative estimate of drug-likeness (QED) is 0.729. The van der Waals surface area contributed by atoms with Gasteiger partial charge in [0.05, 0.1) is 12.3 Å². The molecule has 1 unspecified atom stereocenters. The van der Waals surface area contributed by atoms with Gasteiger partial charge in [0.1, 0.15) is 0 Å². The van der Waals surface area contributed by atoms with Crippen molar-refractivity contribution in [1.29, 1.82) is 0 Å². The molecule has 78 valence electrons. The third-order valence-electron chi connectivity index (χ3n) is 2.47. The van der Waals surface area contributed by atoms with Crippen molar-refractivity contribution in [2.45, 2.75) is 6.92 Å². The number of thiocarbonyl (C=S) groups is 1. The number of hydrazone groups is 1. The van der Waals surface area contributed by atoms with Gasteiger partial charge in [0.2, 0.25) is 0 Å². The van der Waals surface area contributed by atoms with Gasteiger partial charge in [-0.15, -0.1) is 0 Å². The van der Waals surface area contributed by atoms with E-state index < -0.39 is 0 Å². The molecule has 0 saturated carbocycles. The van der Waals surface area contributed by atoms with Crippen molar-refractivity contribution in [2.24, 2.45) is 16.8 Å². The summed E-state index contributed by atoms with van der Waals surface area (Å²) < 4.78 is 0. The largest absolute Gasteiger partial charge is 0.375 e. The van der Waals surface area contributed by atoms with Crippen molar-refractivity contribution >= 4 is 23.0 Å². The maximum absolute atomic E-state index is 5.55. The van der Waals surface area contributed by atoms with Crippen LogP contribution in [0.2, 0.25) is 0 Å².